The number of hydrogen-bond donors (Lipinski definition) is 2. The van der Waals surface area contributed by atoms with Crippen LogP contribution in [0.4, 0.5) is 11.6 Å². The van der Waals surface area contributed by atoms with E-state index in [-0.39, 0.29) is 16.9 Å². The number of piperidine rings is 1. The van der Waals surface area contributed by atoms with Crippen molar-refractivity contribution in [2.45, 2.75) is 38.0 Å². The Bertz CT molecular complexity index is 1720. The van der Waals surface area contributed by atoms with Crippen LogP contribution in [0.5, 0.6) is 0 Å². The molecule has 0 saturated carbocycles. The summed E-state index contributed by atoms with van der Waals surface area (Å²) in [4.78, 5) is 50.5. The third-order valence-corrected chi connectivity index (χ3v) is 8.31. The number of amides is 2. The minimum Gasteiger partial charge on any atom is -0.365 e. The molecule has 42 heavy (non-hydrogen) atoms. The van der Waals surface area contributed by atoms with E-state index in [1.54, 1.807) is 4.57 Å². The Morgan fingerprint density at radius 2 is 1.79 bits per heavy atom. The third-order valence-electron chi connectivity index (χ3n) is 8.31. The predicted octanol–water partition coefficient (Wildman–Crippen LogP) is 3.38. The smallest absolute Gasteiger partial charge is 0.254 e. The molecule has 2 aliphatic rings. The van der Waals surface area contributed by atoms with Gasteiger partial charge in [0.05, 0.1) is 11.9 Å². The van der Waals surface area contributed by atoms with Crippen LogP contribution in [0.25, 0.3) is 16.7 Å². The van der Waals surface area contributed by atoms with Gasteiger partial charge in [-0.25, -0.2) is 4.98 Å². The van der Waals surface area contributed by atoms with Crippen LogP contribution in [0.15, 0.2) is 59.7 Å². The van der Waals surface area contributed by atoms with E-state index in [4.69, 9.17) is 10.7 Å². The number of hydrogen-bond acceptors (Lipinski definition) is 7. The van der Waals surface area contributed by atoms with E-state index < -0.39 is 11.3 Å². The zero-order valence-electron chi connectivity index (χ0n) is 24.0. The largest absolute Gasteiger partial charge is 0.365 e. The van der Waals surface area contributed by atoms with Crippen molar-refractivity contribution in [1.29, 1.82) is 0 Å². The molecule has 1 aliphatic heterocycles. The van der Waals surface area contributed by atoms with Gasteiger partial charge < -0.3 is 25.4 Å². The first-order chi connectivity index (χ1) is 20.3. The number of anilines is 2. The summed E-state index contributed by atoms with van der Waals surface area (Å²) in [5, 5.41) is 3.48. The number of aryl methyl sites for hydroxylation is 2. The maximum absolute atomic E-state index is 13.1. The summed E-state index contributed by atoms with van der Waals surface area (Å²) < 4.78 is 1.75. The summed E-state index contributed by atoms with van der Waals surface area (Å²) in [6.07, 6.45) is 7.96. The first kappa shape index (κ1) is 27.6. The van der Waals surface area contributed by atoms with E-state index in [2.05, 4.69) is 34.6 Å². The van der Waals surface area contributed by atoms with E-state index in [9.17, 15) is 14.4 Å². The average Bonchev–Trinajstić information content (AvgIpc) is 3.45. The van der Waals surface area contributed by atoms with Crippen molar-refractivity contribution < 1.29 is 9.59 Å². The van der Waals surface area contributed by atoms with Crippen LogP contribution in [0, 0.1) is 0 Å². The second kappa shape index (κ2) is 11.4. The van der Waals surface area contributed by atoms with Gasteiger partial charge in [0, 0.05) is 36.9 Å². The molecule has 10 nitrogen and oxygen atoms in total. The van der Waals surface area contributed by atoms with Gasteiger partial charge in [0.25, 0.3) is 5.91 Å². The maximum Gasteiger partial charge on any atom is 0.254 e. The van der Waals surface area contributed by atoms with E-state index in [1.165, 1.54) is 29.1 Å². The van der Waals surface area contributed by atoms with Crippen LogP contribution < -0.4 is 16.5 Å². The van der Waals surface area contributed by atoms with Gasteiger partial charge in [-0.3, -0.25) is 14.4 Å². The molecule has 0 spiro atoms. The lowest BCUT2D eigenvalue weighted by molar-refractivity contribution is -0.132. The number of nitrogens with zero attached hydrogens (tertiary/aromatic N) is 5. The molecule has 4 aromatic rings. The van der Waals surface area contributed by atoms with Crippen molar-refractivity contribution in [1.82, 2.24) is 24.3 Å². The predicted molar refractivity (Wildman–Crippen MR) is 163 cm³/mol. The Hall–Kier alpha value is -4.57. The monoisotopic (exact) mass is 565 g/mol. The molecule has 216 valence electrons. The highest BCUT2D eigenvalue weighted by Gasteiger charge is 2.24. The molecule has 1 aliphatic carbocycles. The first-order valence-electron chi connectivity index (χ1n) is 14.4. The highest BCUT2D eigenvalue weighted by Crippen LogP contribution is 2.30. The Morgan fingerprint density at radius 3 is 2.50 bits per heavy atom. The fraction of sp³-hybridized carbons (Fsp3) is 0.344. The molecular formula is C32H35N7O3. The molecule has 10 heteroatoms. The summed E-state index contributed by atoms with van der Waals surface area (Å²) in [5.41, 5.74) is 10.8. The molecule has 0 bridgehead atoms. The normalized spacial score (nSPS) is 15.3. The second-order valence-electron chi connectivity index (χ2n) is 11.5. The molecule has 3 N–H and O–H groups in total. The van der Waals surface area contributed by atoms with Gasteiger partial charge in [-0.2, -0.15) is 4.98 Å². The molecule has 0 radical (unpaired) electrons. The standard InChI is InChI=1S/C32H35N7O3/c1-37(2)19-28(40)38-14-12-22(13-15-38)21-6-9-24(10-7-21)35-32-34-17-26-29(41)27(30(33)42)18-39(31(26)36-32)25-11-8-20-4-3-5-23(20)16-25/h6-11,16-18,22H,3-5,12-15,19H2,1-2H3,(H2,33,42)(H,34,35,36). The molecule has 1 fully saturated rings. The van der Waals surface area contributed by atoms with Gasteiger partial charge >= 0.3 is 0 Å². The number of pyridine rings is 1. The van der Waals surface area contributed by atoms with Gasteiger partial charge in [-0.15, -0.1) is 0 Å². The molecule has 2 aromatic heterocycles. The van der Waals surface area contributed by atoms with Crippen LogP contribution >= 0.6 is 0 Å². The molecule has 0 atom stereocenters. The zero-order valence-corrected chi connectivity index (χ0v) is 24.0. The summed E-state index contributed by atoms with van der Waals surface area (Å²) in [6, 6.07) is 14.4. The number of nitrogens with two attached hydrogens (primary N) is 1. The fourth-order valence-electron chi connectivity index (χ4n) is 6.05. The quantitative estimate of drug-likeness (QED) is 0.352. The molecule has 2 aromatic carbocycles. The van der Waals surface area contributed by atoms with Gasteiger partial charge in [0.2, 0.25) is 17.3 Å². The number of nitrogens with one attached hydrogen (secondary N) is 1. The van der Waals surface area contributed by atoms with E-state index in [0.29, 0.717) is 24.1 Å². The number of primary amides is 1. The molecule has 1 saturated heterocycles. The van der Waals surface area contributed by atoms with Crippen molar-refractivity contribution in [2.75, 3.05) is 39.0 Å². The number of fused-ring (bicyclic) bond motifs is 2. The Kier molecular flexibility index (Phi) is 7.47. The second-order valence-corrected chi connectivity index (χ2v) is 11.5. The first-order valence-corrected chi connectivity index (χ1v) is 14.4. The molecular weight excluding hydrogens is 530 g/mol. The van der Waals surface area contributed by atoms with E-state index >= 15 is 0 Å². The number of likely N-dealkylation sites (tertiary alicyclic amines) is 1. The lowest BCUT2D eigenvalue weighted by Crippen LogP contribution is -2.42. The van der Waals surface area contributed by atoms with Gasteiger partial charge in [-0.1, -0.05) is 18.2 Å². The number of aromatic nitrogens is 3. The topological polar surface area (TPSA) is 126 Å². The summed E-state index contributed by atoms with van der Waals surface area (Å²) in [6.45, 7) is 1.98. The highest BCUT2D eigenvalue weighted by molar-refractivity contribution is 5.96. The van der Waals surface area contributed by atoms with Crippen molar-refractivity contribution >= 4 is 34.5 Å². The van der Waals surface area contributed by atoms with Crippen molar-refractivity contribution in [3.8, 4) is 5.69 Å². The van der Waals surface area contributed by atoms with Crippen LogP contribution in [0.2, 0.25) is 0 Å². The summed E-state index contributed by atoms with van der Waals surface area (Å²) >= 11 is 0. The van der Waals surface area contributed by atoms with E-state index in [1.807, 2.05) is 42.1 Å². The number of benzene rings is 2. The Balaban J connectivity index is 1.24. The average molecular weight is 566 g/mol. The van der Waals surface area contributed by atoms with E-state index in [0.717, 1.165) is 56.6 Å². The Morgan fingerprint density at radius 1 is 1.05 bits per heavy atom. The van der Waals surface area contributed by atoms with Crippen LogP contribution in [-0.4, -0.2) is 69.9 Å². The lowest BCUT2D eigenvalue weighted by atomic mass is 9.89. The number of rotatable bonds is 7. The SMILES string of the molecule is CN(C)CC(=O)N1CCC(c2ccc(Nc3ncc4c(=O)c(C(N)=O)cn(-c5ccc6c(c5)CCC6)c4n3)cc2)CC1. The number of carbonyl (C=O) groups is 2. The van der Waals surface area contributed by atoms with Crippen LogP contribution in [-0.2, 0) is 17.6 Å². The summed E-state index contributed by atoms with van der Waals surface area (Å²) in [5.74, 6) is 0.135. The minimum absolute atomic E-state index is 0.101. The molecule has 6 rings (SSSR count). The van der Waals surface area contributed by atoms with Gasteiger partial charge in [0.1, 0.15) is 5.56 Å². The van der Waals surface area contributed by atoms with Crippen LogP contribution in [0.1, 0.15) is 52.2 Å². The van der Waals surface area contributed by atoms with Crippen molar-refractivity contribution in [2.24, 2.45) is 5.73 Å². The van der Waals surface area contributed by atoms with Crippen LogP contribution in [0.3, 0.4) is 0 Å². The fourth-order valence-corrected chi connectivity index (χ4v) is 6.05. The minimum atomic E-state index is -0.787. The molecule has 3 heterocycles. The lowest BCUT2D eigenvalue weighted by Gasteiger charge is -2.33. The number of carbonyl (C=O) groups excluding carboxylic acids is 2. The molecule has 2 amide bonds. The third kappa shape index (κ3) is 5.49. The maximum atomic E-state index is 13.1. The Labute approximate surface area is 244 Å². The van der Waals surface area contributed by atoms with Crippen molar-refractivity contribution in [3.05, 3.63) is 87.3 Å². The number of likely N-dealkylation sites (N-methyl/N-ethyl adjacent to an activating group) is 1. The van der Waals surface area contributed by atoms with Gasteiger partial charge in [0.15, 0.2) is 5.65 Å². The van der Waals surface area contributed by atoms with Gasteiger partial charge in [-0.05, 0) is 93.1 Å². The highest BCUT2D eigenvalue weighted by atomic mass is 16.2. The molecule has 0 unspecified atom stereocenters. The van der Waals surface area contributed by atoms with Crippen molar-refractivity contribution in [3.63, 3.8) is 0 Å². The zero-order chi connectivity index (χ0) is 29.4. The summed E-state index contributed by atoms with van der Waals surface area (Å²) in [7, 11) is 3.83.